The predicted octanol–water partition coefficient (Wildman–Crippen LogP) is 4.57. The average Bonchev–Trinajstić information content (AvgIpc) is 3.27. The first kappa shape index (κ1) is 24.7. The van der Waals surface area contributed by atoms with Crippen molar-refractivity contribution in [3.8, 4) is 11.1 Å². The maximum absolute atomic E-state index is 14.6. The molecule has 1 aliphatic rings. The molecule has 0 bridgehead atoms. The smallest absolute Gasteiger partial charge is 0.272 e. The Morgan fingerprint density at radius 2 is 1.76 bits per heavy atom. The molecule has 0 radical (unpaired) electrons. The van der Waals surface area contributed by atoms with Crippen molar-refractivity contribution in [2.75, 3.05) is 47.5 Å². The Bertz CT molecular complexity index is 1600. The molecule has 2 heterocycles. The van der Waals surface area contributed by atoms with Gasteiger partial charge in [0.2, 0.25) is 10.0 Å². The Morgan fingerprint density at radius 3 is 2.49 bits per heavy atom. The van der Waals surface area contributed by atoms with Crippen LogP contribution in [0.4, 0.5) is 25.8 Å². The van der Waals surface area contributed by atoms with E-state index in [9.17, 15) is 22.0 Å². The Labute approximate surface area is 212 Å². The number of nitrogens with one attached hydrogen (secondary N) is 3. The largest absolute Gasteiger partial charge is 0.378 e. The summed E-state index contributed by atoms with van der Waals surface area (Å²) in [5.41, 5.74) is 3.12. The lowest BCUT2D eigenvalue weighted by Gasteiger charge is -2.29. The number of morpholine rings is 1. The highest BCUT2D eigenvalue weighted by atomic mass is 32.2. The summed E-state index contributed by atoms with van der Waals surface area (Å²) in [5.74, 6) is -1.81. The number of halogens is 2. The molecule has 1 saturated heterocycles. The molecule has 0 aliphatic carbocycles. The van der Waals surface area contributed by atoms with Crippen LogP contribution >= 0.6 is 0 Å². The summed E-state index contributed by atoms with van der Waals surface area (Å²) in [5, 5.41) is 3.58. The lowest BCUT2D eigenvalue weighted by atomic mass is 10.0. The summed E-state index contributed by atoms with van der Waals surface area (Å²) in [6.45, 7) is 2.35. The van der Waals surface area contributed by atoms with Crippen molar-refractivity contribution < 1.29 is 26.7 Å². The molecular formula is C26H24F2N4O4S. The second-order valence-electron chi connectivity index (χ2n) is 8.81. The van der Waals surface area contributed by atoms with Crippen LogP contribution in [0, 0.1) is 11.6 Å². The lowest BCUT2D eigenvalue weighted by Crippen LogP contribution is -2.36. The van der Waals surface area contributed by atoms with Gasteiger partial charge in [0.1, 0.15) is 17.3 Å². The number of benzene rings is 3. The van der Waals surface area contributed by atoms with E-state index in [1.54, 1.807) is 42.5 Å². The number of carbonyl (C=O) groups is 1. The lowest BCUT2D eigenvalue weighted by molar-refractivity contribution is 0.102. The fourth-order valence-corrected chi connectivity index (χ4v) is 4.85. The standard InChI is InChI=1S/C26H24F2N4O4S/c1-37(34,35)31-19-4-2-16-12-25(30-24(16)15-19)26(33)29-20-10-17(22-5-3-18(27)13-23(22)28)11-21(14-20)32-6-8-36-9-7-32/h2-5,10-15,30-31H,6-9H2,1H3,(H,29,33). The second kappa shape index (κ2) is 9.83. The number of anilines is 3. The quantitative estimate of drug-likeness (QED) is 0.342. The van der Waals surface area contributed by atoms with Crippen molar-refractivity contribution in [2.24, 2.45) is 0 Å². The van der Waals surface area contributed by atoms with Crippen molar-refractivity contribution >= 4 is 43.9 Å². The van der Waals surface area contributed by atoms with Gasteiger partial charge in [0.05, 0.1) is 25.2 Å². The van der Waals surface area contributed by atoms with Crippen LogP contribution in [-0.2, 0) is 14.8 Å². The van der Waals surface area contributed by atoms with Gasteiger partial charge in [-0.3, -0.25) is 9.52 Å². The number of carbonyl (C=O) groups excluding carboxylic acids is 1. The van der Waals surface area contributed by atoms with E-state index in [1.807, 2.05) is 0 Å². The molecule has 1 aromatic heterocycles. The highest BCUT2D eigenvalue weighted by Gasteiger charge is 2.17. The number of nitrogens with zero attached hydrogens (tertiary/aromatic N) is 1. The third-order valence-corrected chi connectivity index (χ3v) is 6.57. The van der Waals surface area contributed by atoms with Crippen LogP contribution in [0.2, 0.25) is 0 Å². The molecule has 3 N–H and O–H groups in total. The minimum absolute atomic E-state index is 0.212. The maximum atomic E-state index is 14.6. The highest BCUT2D eigenvalue weighted by Crippen LogP contribution is 2.32. The fourth-order valence-electron chi connectivity index (χ4n) is 4.29. The molecular weight excluding hydrogens is 502 g/mol. The van der Waals surface area contributed by atoms with Gasteiger partial charge in [-0.1, -0.05) is 6.07 Å². The zero-order valence-electron chi connectivity index (χ0n) is 19.8. The topological polar surface area (TPSA) is 104 Å². The Balaban J connectivity index is 1.47. The van der Waals surface area contributed by atoms with Crippen LogP contribution in [0.25, 0.3) is 22.0 Å². The van der Waals surface area contributed by atoms with E-state index in [4.69, 9.17) is 4.74 Å². The van der Waals surface area contributed by atoms with Crippen LogP contribution in [-0.4, -0.2) is 51.9 Å². The van der Waals surface area contributed by atoms with E-state index in [0.29, 0.717) is 48.8 Å². The van der Waals surface area contributed by atoms with E-state index < -0.39 is 27.6 Å². The number of fused-ring (bicyclic) bond motifs is 1. The molecule has 37 heavy (non-hydrogen) atoms. The minimum atomic E-state index is -3.44. The fraction of sp³-hybridized carbons (Fsp3) is 0.192. The Kier molecular flexibility index (Phi) is 6.57. The number of aromatic nitrogens is 1. The predicted molar refractivity (Wildman–Crippen MR) is 140 cm³/mol. The summed E-state index contributed by atoms with van der Waals surface area (Å²) in [4.78, 5) is 18.2. The summed E-state index contributed by atoms with van der Waals surface area (Å²) >= 11 is 0. The zero-order chi connectivity index (χ0) is 26.2. The van der Waals surface area contributed by atoms with Gasteiger partial charge in [0, 0.05) is 47.0 Å². The third kappa shape index (κ3) is 5.73. The molecule has 0 saturated carbocycles. The number of hydrogen-bond donors (Lipinski definition) is 3. The average molecular weight is 527 g/mol. The van der Waals surface area contributed by atoms with Gasteiger partial charge >= 0.3 is 0 Å². The van der Waals surface area contributed by atoms with Crippen molar-refractivity contribution in [1.29, 1.82) is 0 Å². The van der Waals surface area contributed by atoms with Gasteiger partial charge in [0.15, 0.2) is 0 Å². The van der Waals surface area contributed by atoms with E-state index in [-0.39, 0.29) is 11.3 Å². The molecule has 1 aliphatic heterocycles. The highest BCUT2D eigenvalue weighted by molar-refractivity contribution is 7.92. The normalized spacial score (nSPS) is 14.1. The van der Waals surface area contributed by atoms with Crippen molar-refractivity contribution in [2.45, 2.75) is 0 Å². The number of sulfonamides is 1. The van der Waals surface area contributed by atoms with Gasteiger partial charge in [-0.25, -0.2) is 17.2 Å². The molecule has 192 valence electrons. The number of amides is 1. The number of rotatable bonds is 6. The molecule has 11 heteroatoms. The summed E-state index contributed by atoms with van der Waals surface area (Å²) in [7, 11) is -3.44. The molecule has 3 aromatic carbocycles. The van der Waals surface area contributed by atoms with Crippen molar-refractivity contribution in [3.05, 3.63) is 78.0 Å². The number of ether oxygens (including phenoxy) is 1. The monoisotopic (exact) mass is 526 g/mol. The minimum Gasteiger partial charge on any atom is -0.378 e. The van der Waals surface area contributed by atoms with Crippen LogP contribution in [0.1, 0.15) is 10.5 Å². The van der Waals surface area contributed by atoms with Gasteiger partial charge in [-0.15, -0.1) is 0 Å². The summed E-state index contributed by atoms with van der Waals surface area (Å²) in [6.07, 6.45) is 1.06. The van der Waals surface area contributed by atoms with Gasteiger partial charge in [0.25, 0.3) is 5.91 Å². The first-order valence-corrected chi connectivity index (χ1v) is 13.4. The van der Waals surface area contributed by atoms with Gasteiger partial charge < -0.3 is 19.9 Å². The van der Waals surface area contributed by atoms with E-state index in [1.165, 1.54) is 12.1 Å². The van der Waals surface area contributed by atoms with E-state index in [2.05, 4.69) is 19.9 Å². The van der Waals surface area contributed by atoms with Crippen LogP contribution < -0.4 is 14.9 Å². The van der Waals surface area contributed by atoms with Crippen LogP contribution in [0.5, 0.6) is 0 Å². The number of H-pyrrole nitrogens is 1. The second-order valence-corrected chi connectivity index (χ2v) is 10.6. The Hall–Kier alpha value is -3.96. The van der Waals surface area contributed by atoms with Crippen molar-refractivity contribution in [1.82, 2.24) is 4.98 Å². The maximum Gasteiger partial charge on any atom is 0.272 e. The van der Waals surface area contributed by atoms with Crippen LogP contribution in [0.15, 0.2) is 60.7 Å². The summed E-state index contributed by atoms with van der Waals surface area (Å²) in [6, 6.07) is 15.2. The molecule has 4 aromatic rings. The molecule has 0 atom stereocenters. The van der Waals surface area contributed by atoms with Crippen molar-refractivity contribution in [3.63, 3.8) is 0 Å². The zero-order valence-corrected chi connectivity index (χ0v) is 20.7. The molecule has 1 fully saturated rings. The van der Waals surface area contributed by atoms with Crippen LogP contribution in [0.3, 0.4) is 0 Å². The molecule has 8 nitrogen and oxygen atoms in total. The van der Waals surface area contributed by atoms with E-state index >= 15 is 0 Å². The molecule has 5 rings (SSSR count). The van der Waals surface area contributed by atoms with Gasteiger partial charge in [-0.2, -0.15) is 0 Å². The summed E-state index contributed by atoms with van der Waals surface area (Å²) < 4.78 is 59.0. The molecule has 1 amide bonds. The first-order valence-electron chi connectivity index (χ1n) is 11.5. The van der Waals surface area contributed by atoms with E-state index in [0.717, 1.165) is 23.4 Å². The first-order chi connectivity index (χ1) is 17.6. The number of hydrogen-bond acceptors (Lipinski definition) is 5. The molecule has 0 unspecified atom stereocenters. The third-order valence-electron chi connectivity index (χ3n) is 5.96. The Morgan fingerprint density at radius 1 is 0.973 bits per heavy atom. The molecule has 0 spiro atoms. The number of aromatic amines is 1. The van der Waals surface area contributed by atoms with Gasteiger partial charge in [-0.05, 0) is 54.1 Å². The SMILES string of the molecule is CS(=O)(=O)Nc1ccc2cc(C(=O)Nc3cc(-c4ccc(F)cc4F)cc(N4CCOCC4)c3)[nH]c2c1.